The van der Waals surface area contributed by atoms with Gasteiger partial charge in [0.15, 0.2) is 0 Å². The van der Waals surface area contributed by atoms with Gasteiger partial charge in [-0.3, -0.25) is 0 Å². The number of allylic oxidation sites excluding steroid dienone is 2. The normalized spacial score (nSPS) is 47.3. The molecule has 2 N–H and O–H groups in total. The molecule has 0 amide bonds. The van der Waals surface area contributed by atoms with Gasteiger partial charge < -0.3 is 5.73 Å². The molecular formula is C18H31N. The summed E-state index contributed by atoms with van der Waals surface area (Å²) in [6, 6.07) is 0. The molecule has 0 aromatic rings. The van der Waals surface area contributed by atoms with E-state index in [1.54, 1.807) is 0 Å². The van der Waals surface area contributed by atoms with Crippen molar-refractivity contribution in [2.45, 2.75) is 59.8 Å². The summed E-state index contributed by atoms with van der Waals surface area (Å²) in [4.78, 5) is 0. The highest BCUT2D eigenvalue weighted by atomic mass is 14.6. The first-order valence-electron chi connectivity index (χ1n) is 8.43. The van der Waals surface area contributed by atoms with Gasteiger partial charge in [0.05, 0.1) is 0 Å². The van der Waals surface area contributed by atoms with E-state index in [9.17, 15) is 0 Å². The van der Waals surface area contributed by atoms with Crippen molar-refractivity contribution in [3.63, 3.8) is 0 Å². The SMILES string of the molecule is C/C1=C(/N)CCC2C[C@@H]3C2CC3C([C@@H](C)C(C)C)C1. The van der Waals surface area contributed by atoms with Crippen LogP contribution in [-0.4, -0.2) is 0 Å². The summed E-state index contributed by atoms with van der Waals surface area (Å²) in [5.74, 6) is 6.73. The molecule has 2 fully saturated rings. The molecule has 0 heterocycles. The van der Waals surface area contributed by atoms with Gasteiger partial charge in [0.25, 0.3) is 0 Å². The van der Waals surface area contributed by atoms with Gasteiger partial charge in [-0.05, 0) is 80.5 Å². The third-order valence-corrected chi connectivity index (χ3v) is 6.98. The van der Waals surface area contributed by atoms with Crippen LogP contribution >= 0.6 is 0 Å². The zero-order valence-electron chi connectivity index (χ0n) is 13.2. The van der Waals surface area contributed by atoms with Crippen LogP contribution in [0.4, 0.5) is 0 Å². The molecule has 5 aliphatic rings. The number of nitrogens with two attached hydrogens (primary N) is 1. The van der Waals surface area contributed by atoms with Gasteiger partial charge in [-0.1, -0.05) is 26.3 Å². The molecule has 4 unspecified atom stereocenters. The van der Waals surface area contributed by atoms with Gasteiger partial charge in [-0.15, -0.1) is 0 Å². The molecule has 0 spiro atoms. The lowest BCUT2D eigenvalue weighted by Gasteiger charge is -2.62. The molecule has 0 radical (unpaired) electrons. The summed E-state index contributed by atoms with van der Waals surface area (Å²) in [7, 11) is 0. The minimum atomic E-state index is 0.803. The molecule has 2 saturated carbocycles. The topological polar surface area (TPSA) is 26.0 Å². The highest BCUT2D eigenvalue weighted by molar-refractivity contribution is 5.15. The molecular weight excluding hydrogens is 230 g/mol. The largest absolute Gasteiger partial charge is 0.402 e. The Balaban J connectivity index is 1.84. The van der Waals surface area contributed by atoms with Crippen molar-refractivity contribution in [2.75, 3.05) is 0 Å². The first kappa shape index (κ1) is 13.5. The molecule has 0 saturated heterocycles. The van der Waals surface area contributed by atoms with E-state index in [1.165, 1.54) is 37.0 Å². The maximum absolute atomic E-state index is 6.33. The standard InChI is InChI=1S/C18H31N/c1-10(2)12(4)14-7-11(3)18(19)6-5-13-8-16-15(13)9-17(14)16/h10,12-17H,5-9,19H2,1-4H3/b18-11-/t12-,13?,14?,15?,16+,17?/m0/s1. The Kier molecular flexibility index (Phi) is 3.43. The summed E-state index contributed by atoms with van der Waals surface area (Å²) in [6.07, 6.45) is 6.84. The van der Waals surface area contributed by atoms with E-state index in [1.807, 2.05) is 0 Å². The van der Waals surface area contributed by atoms with Crippen molar-refractivity contribution in [3.8, 4) is 0 Å². The Morgan fingerprint density at radius 3 is 2.37 bits per heavy atom. The van der Waals surface area contributed by atoms with Crippen LogP contribution in [0.5, 0.6) is 0 Å². The van der Waals surface area contributed by atoms with Gasteiger partial charge in [-0.25, -0.2) is 0 Å². The molecule has 108 valence electrons. The second kappa shape index (κ2) is 4.82. The lowest BCUT2D eigenvalue weighted by Crippen LogP contribution is -2.55. The van der Waals surface area contributed by atoms with E-state index in [4.69, 9.17) is 5.73 Å². The summed E-state index contributed by atoms with van der Waals surface area (Å²) >= 11 is 0. The number of hydrogen-bond donors (Lipinski definition) is 1. The maximum atomic E-state index is 6.33. The van der Waals surface area contributed by atoms with Crippen molar-refractivity contribution in [1.82, 2.24) is 0 Å². The fourth-order valence-corrected chi connectivity index (χ4v) is 5.09. The first-order chi connectivity index (χ1) is 8.99. The molecule has 1 nitrogen and oxygen atoms in total. The van der Waals surface area contributed by atoms with E-state index in [0.29, 0.717) is 0 Å². The molecule has 0 aromatic carbocycles. The Morgan fingerprint density at radius 1 is 1.05 bits per heavy atom. The van der Waals surface area contributed by atoms with Crippen LogP contribution in [0.2, 0.25) is 0 Å². The summed E-state index contributed by atoms with van der Waals surface area (Å²) in [5.41, 5.74) is 9.04. The van der Waals surface area contributed by atoms with E-state index >= 15 is 0 Å². The van der Waals surface area contributed by atoms with Gasteiger partial charge in [0, 0.05) is 5.70 Å². The molecule has 1 heteroatoms. The van der Waals surface area contributed by atoms with Crippen LogP contribution in [0.1, 0.15) is 59.8 Å². The minimum Gasteiger partial charge on any atom is -0.402 e. The lowest BCUT2D eigenvalue weighted by atomic mass is 9.43. The Morgan fingerprint density at radius 2 is 1.79 bits per heavy atom. The minimum absolute atomic E-state index is 0.803. The molecule has 4 bridgehead atoms. The van der Waals surface area contributed by atoms with Gasteiger partial charge in [-0.2, -0.15) is 0 Å². The molecule has 5 aliphatic carbocycles. The first-order valence-corrected chi connectivity index (χ1v) is 8.43. The van der Waals surface area contributed by atoms with E-state index < -0.39 is 0 Å². The van der Waals surface area contributed by atoms with Crippen molar-refractivity contribution >= 4 is 0 Å². The summed E-state index contributed by atoms with van der Waals surface area (Å²) < 4.78 is 0. The Labute approximate surface area is 119 Å². The van der Waals surface area contributed by atoms with Crippen LogP contribution in [0.15, 0.2) is 11.3 Å². The quantitative estimate of drug-likeness (QED) is 0.773. The summed E-state index contributed by atoms with van der Waals surface area (Å²) in [5, 5.41) is 0. The highest BCUT2D eigenvalue weighted by Gasteiger charge is 2.56. The molecule has 19 heavy (non-hydrogen) atoms. The predicted molar refractivity (Wildman–Crippen MR) is 81.4 cm³/mol. The van der Waals surface area contributed by atoms with E-state index in [0.717, 1.165) is 47.8 Å². The van der Waals surface area contributed by atoms with Crippen LogP contribution < -0.4 is 5.73 Å². The Bertz CT molecular complexity index is 381. The van der Waals surface area contributed by atoms with Crippen LogP contribution in [0.3, 0.4) is 0 Å². The zero-order valence-corrected chi connectivity index (χ0v) is 13.2. The van der Waals surface area contributed by atoms with E-state index in [2.05, 4.69) is 27.7 Å². The third-order valence-electron chi connectivity index (χ3n) is 6.98. The average molecular weight is 261 g/mol. The Hall–Kier alpha value is -0.460. The summed E-state index contributed by atoms with van der Waals surface area (Å²) in [6.45, 7) is 9.56. The predicted octanol–water partition coefficient (Wildman–Crippen LogP) is 4.58. The maximum Gasteiger partial charge on any atom is 0.00697 e. The second-order valence-electron chi connectivity index (χ2n) is 8.04. The fraction of sp³-hybridized carbons (Fsp3) is 0.889. The zero-order chi connectivity index (χ0) is 13.7. The lowest BCUT2D eigenvalue weighted by molar-refractivity contribution is -0.127. The number of hydrogen-bond acceptors (Lipinski definition) is 1. The van der Waals surface area contributed by atoms with Crippen molar-refractivity contribution in [3.05, 3.63) is 11.3 Å². The smallest absolute Gasteiger partial charge is 0.00697 e. The fourth-order valence-electron chi connectivity index (χ4n) is 5.09. The average Bonchev–Trinajstić information content (AvgIpc) is 2.35. The van der Waals surface area contributed by atoms with Gasteiger partial charge in [0.1, 0.15) is 0 Å². The molecule has 6 atom stereocenters. The van der Waals surface area contributed by atoms with E-state index in [-0.39, 0.29) is 0 Å². The highest BCUT2D eigenvalue weighted by Crippen LogP contribution is 2.63. The van der Waals surface area contributed by atoms with Crippen molar-refractivity contribution in [1.29, 1.82) is 0 Å². The molecule has 0 aromatic heterocycles. The number of rotatable bonds is 2. The molecule has 0 aliphatic heterocycles. The van der Waals surface area contributed by atoms with Crippen molar-refractivity contribution < 1.29 is 0 Å². The third kappa shape index (κ3) is 2.14. The van der Waals surface area contributed by atoms with Crippen molar-refractivity contribution in [2.24, 2.45) is 47.2 Å². The second-order valence-corrected chi connectivity index (χ2v) is 8.04. The van der Waals surface area contributed by atoms with Gasteiger partial charge in [0.2, 0.25) is 0 Å². The van der Waals surface area contributed by atoms with Crippen LogP contribution in [0.25, 0.3) is 0 Å². The van der Waals surface area contributed by atoms with Crippen LogP contribution in [-0.2, 0) is 0 Å². The molecule has 5 rings (SSSR count). The van der Waals surface area contributed by atoms with Gasteiger partial charge >= 0.3 is 0 Å². The monoisotopic (exact) mass is 261 g/mol. The van der Waals surface area contributed by atoms with Crippen LogP contribution in [0, 0.1) is 41.4 Å².